The molecular formula is C15H19N5O4S. The largest absolute Gasteiger partial charge is 0.497 e. The molecule has 0 saturated carbocycles. The monoisotopic (exact) mass is 365 g/mol. The zero-order valence-electron chi connectivity index (χ0n) is 14.1. The van der Waals surface area contributed by atoms with Gasteiger partial charge >= 0.3 is 6.03 Å². The van der Waals surface area contributed by atoms with E-state index < -0.39 is 17.2 Å². The Bertz CT molecular complexity index is 747. The van der Waals surface area contributed by atoms with Crippen LogP contribution < -0.4 is 20.5 Å². The van der Waals surface area contributed by atoms with Gasteiger partial charge in [0.2, 0.25) is 5.91 Å². The van der Waals surface area contributed by atoms with Crippen LogP contribution in [-0.2, 0) is 18.4 Å². The number of aromatic nitrogens is 3. The molecule has 25 heavy (non-hydrogen) atoms. The summed E-state index contributed by atoms with van der Waals surface area (Å²) in [7, 11) is 3.37. The topological polar surface area (TPSA) is 121 Å². The highest BCUT2D eigenvalue weighted by Crippen LogP contribution is 2.22. The first-order valence-electron chi connectivity index (χ1n) is 7.32. The Balaban J connectivity index is 1.95. The summed E-state index contributed by atoms with van der Waals surface area (Å²) < 4.78 is 12.5. The van der Waals surface area contributed by atoms with Crippen molar-refractivity contribution in [3.05, 3.63) is 30.1 Å². The zero-order chi connectivity index (χ0) is 18.4. The molecule has 0 aliphatic carbocycles. The summed E-state index contributed by atoms with van der Waals surface area (Å²) in [6, 6.07) is 6.30. The number of methoxy groups -OCH3 is 1. The lowest BCUT2D eigenvalue weighted by atomic mass is 10.3. The predicted octanol–water partition coefficient (Wildman–Crippen LogP) is 1.08. The summed E-state index contributed by atoms with van der Waals surface area (Å²) in [6.07, 6.45) is 0. The molecule has 2 aromatic rings. The van der Waals surface area contributed by atoms with Crippen LogP contribution in [0, 0.1) is 0 Å². The Kier molecular flexibility index (Phi) is 6.23. The van der Waals surface area contributed by atoms with Gasteiger partial charge in [-0.1, -0.05) is 11.8 Å². The van der Waals surface area contributed by atoms with Gasteiger partial charge in [0, 0.05) is 7.05 Å². The van der Waals surface area contributed by atoms with Gasteiger partial charge in [0.25, 0.3) is 0 Å². The first-order valence-corrected chi connectivity index (χ1v) is 8.20. The molecule has 0 aliphatic rings. The van der Waals surface area contributed by atoms with Gasteiger partial charge in [0.15, 0.2) is 11.0 Å². The molecule has 1 aromatic carbocycles. The average molecular weight is 365 g/mol. The van der Waals surface area contributed by atoms with Gasteiger partial charge in [-0.2, -0.15) is 0 Å². The third-order valence-corrected chi connectivity index (χ3v) is 4.38. The van der Waals surface area contributed by atoms with E-state index in [4.69, 9.17) is 15.2 Å². The molecule has 134 valence electrons. The minimum atomic E-state index is -0.885. The van der Waals surface area contributed by atoms with E-state index in [9.17, 15) is 9.59 Å². The molecule has 1 heterocycles. The van der Waals surface area contributed by atoms with E-state index in [2.05, 4.69) is 10.2 Å². The van der Waals surface area contributed by atoms with E-state index in [0.29, 0.717) is 16.7 Å². The molecule has 1 atom stereocenters. The maximum atomic E-state index is 11.7. The molecule has 10 heteroatoms. The van der Waals surface area contributed by atoms with E-state index in [1.165, 1.54) is 11.8 Å². The van der Waals surface area contributed by atoms with Crippen molar-refractivity contribution in [2.75, 3.05) is 7.11 Å². The molecule has 3 amide bonds. The van der Waals surface area contributed by atoms with Crippen molar-refractivity contribution in [1.82, 2.24) is 20.1 Å². The van der Waals surface area contributed by atoms with Crippen molar-refractivity contribution in [2.45, 2.75) is 23.9 Å². The van der Waals surface area contributed by atoms with Crippen LogP contribution in [0.3, 0.4) is 0 Å². The fourth-order valence-electron chi connectivity index (χ4n) is 1.83. The number of nitrogens with zero attached hydrogens (tertiary/aromatic N) is 3. The smallest absolute Gasteiger partial charge is 0.318 e. The van der Waals surface area contributed by atoms with Crippen LogP contribution in [0.25, 0.3) is 0 Å². The van der Waals surface area contributed by atoms with Crippen LogP contribution in [0.5, 0.6) is 11.5 Å². The number of nitrogens with one attached hydrogen (secondary N) is 1. The minimum Gasteiger partial charge on any atom is -0.497 e. The Morgan fingerprint density at radius 2 is 1.92 bits per heavy atom. The summed E-state index contributed by atoms with van der Waals surface area (Å²) in [4.78, 5) is 22.4. The maximum Gasteiger partial charge on any atom is 0.318 e. The van der Waals surface area contributed by atoms with Gasteiger partial charge < -0.3 is 19.8 Å². The molecule has 0 bridgehead atoms. The quantitative estimate of drug-likeness (QED) is 0.704. The van der Waals surface area contributed by atoms with Gasteiger partial charge in [0.1, 0.15) is 18.1 Å². The Hall–Kier alpha value is -2.75. The van der Waals surface area contributed by atoms with Crippen molar-refractivity contribution in [2.24, 2.45) is 12.8 Å². The van der Waals surface area contributed by atoms with Crippen molar-refractivity contribution >= 4 is 23.7 Å². The summed E-state index contributed by atoms with van der Waals surface area (Å²) in [5, 5.41) is 10.1. The van der Waals surface area contributed by atoms with E-state index in [0.717, 1.165) is 5.75 Å². The number of hydrogen-bond acceptors (Lipinski definition) is 7. The number of thioether (sulfide) groups is 1. The number of carbonyl (C=O) groups is 2. The van der Waals surface area contributed by atoms with Crippen molar-refractivity contribution in [1.29, 1.82) is 0 Å². The van der Waals surface area contributed by atoms with E-state index in [1.54, 1.807) is 49.9 Å². The molecule has 1 aromatic heterocycles. The number of benzene rings is 1. The number of ether oxygens (including phenoxy) is 2. The molecular weight excluding hydrogens is 346 g/mol. The summed E-state index contributed by atoms with van der Waals surface area (Å²) in [5.74, 6) is 1.53. The van der Waals surface area contributed by atoms with Crippen LogP contribution in [0.4, 0.5) is 4.79 Å². The van der Waals surface area contributed by atoms with Gasteiger partial charge in [-0.25, -0.2) is 4.79 Å². The summed E-state index contributed by atoms with van der Waals surface area (Å²) in [6.45, 7) is 1.86. The molecule has 0 saturated heterocycles. The summed E-state index contributed by atoms with van der Waals surface area (Å²) in [5.41, 5.74) is 4.93. The molecule has 0 aliphatic heterocycles. The van der Waals surface area contributed by atoms with Crippen LogP contribution in [-0.4, -0.2) is 39.1 Å². The standard InChI is InChI=1S/C15H19N5O4S/c1-9(13(21)17-14(16)22)25-15-19-18-12(20(15)2)8-24-11-6-4-10(23-3)5-7-11/h4-7,9H,8H2,1-3H3,(H3,16,17,21,22)/t9-/m1/s1. The van der Waals surface area contributed by atoms with Gasteiger partial charge in [-0.05, 0) is 31.2 Å². The van der Waals surface area contributed by atoms with E-state index in [-0.39, 0.29) is 6.61 Å². The van der Waals surface area contributed by atoms with Gasteiger partial charge in [-0.15, -0.1) is 10.2 Å². The number of amides is 3. The zero-order valence-corrected chi connectivity index (χ0v) is 14.9. The molecule has 0 spiro atoms. The van der Waals surface area contributed by atoms with Crippen LogP contribution in [0.15, 0.2) is 29.4 Å². The number of primary amides is 1. The van der Waals surface area contributed by atoms with Crippen LogP contribution in [0.1, 0.15) is 12.7 Å². The van der Waals surface area contributed by atoms with E-state index in [1.807, 2.05) is 5.32 Å². The normalized spacial score (nSPS) is 11.6. The third-order valence-electron chi connectivity index (χ3n) is 3.25. The van der Waals surface area contributed by atoms with Gasteiger partial charge in [-0.3, -0.25) is 10.1 Å². The van der Waals surface area contributed by atoms with E-state index >= 15 is 0 Å². The number of imide groups is 1. The van der Waals surface area contributed by atoms with Crippen molar-refractivity contribution in [3.8, 4) is 11.5 Å². The molecule has 0 unspecified atom stereocenters. The first kappa shape index (κ1) is 18.6. The Morgan fingerprint density at radius 3 is 2.52 bits per heavy atom. The Labute approximate surface area is 148 Å². The highest BCUT2D eigenvalue weighted by molar-refractivity contribution is 8.00. The summed E-state index contributed by atoms with van der Waals surface area (Å²) >= 11 is 1.17. The van der Waals surface area contributed by atoms with Gasteiger partial charge in [0.05, 0.1) is 12.4 Å². The minimum absolute atomic E-state index is 0.220. The molecule has 0 fully saturated rings. The highest BCUT2D eigenvalue weighted by Gasteiger charge is 2.19. The SMILES string of the molecule is COc1ccc(OCc2nnc(S[C@H](C)C(=O)NC(N)=O)n2C)cc1. The second-order valence-electron chi connectivity index (χ2n) is 5.04. The fourth-order valence-corrected chi connectivity index (χ4v) is 2.66. The van der Waals surface area contributed by atoms with Crippen molar-refractivity contribution < 1.29 is 19.1 Å². The Morgan fingerprint density at radius 1 is 1.28 bits per heavy atom. The third kappa shape index (κ3) is 5.11. The molecule has 2 rings (SSSR count). The first-order chi connectivity index (χ1) is 11.9. The lowest BCUT2D eigenvalue weighted by Gasteiger charge is -2.10. The number of carbonyl (C=O) groups excluding carboxylic acids is 2. The predicted molar refractivity (Wildman–Crippen MR) is 91.4 cm³/mol. The molecule has 3 N–H and O–H groups in total. The number of nitrogens with two attached hydrogens (primary N) is 1. The number of rotatable bonds is 7. The number of hydrogen-bond donors (Lipinski definition) is 2. The lowest BCUT2D eigenvalue weighted by Crippen LogP contribution is -2.39. The second kappa shape index (κ2) is 8.38. The number of urea groups is 1. The maximum absolute atomic E-state index is 11.7. The fraction of sp³-hybridized carbons (Fsp3) is 0.333. The van der Waals surface area contributed by atoms with Crippen molar-refractivity contribution in [3.63, 3.8) is 0 Å². The molecule has 0 radical (unpaired) electrons. The average Bonchev–Trinajstić information content (AvgIpc) is 2.93. The van der Waals surface area contributed by atoms with Crippen LogP contribution in [0.2, 0.25) is 0 Å². The van der Waals surface area contributed by atoms with Crippen LogP contribution >= 0.6 is 11.8 Å². The second-order valence-corrected chi connectivity index (χ2v) is 6.34. The molecule has 9 nitrogen and oxygen atoms in total. The lowest BCUT2D eigenvalue weighted by molar-refractivity contribution is -0.119. The highest BCUT2D eigenvalue weighted by atomic mass is 32.2.